The van der Waals surface area contributed by atoms with Crippen LogP contribution in [0.5, 0.6) is 5.75 Å². The molecule has 0 bridgehead atoms. The number of rotatable bonds is 4. The Morgan fingerprint density at radius 2 is 1.89 bits per heavy atom. The van der Waals surface area contributed by atoms with Crippen LogP contribution in [0.2, 0.25) is 0 Å². The fraction of sp³-hybridized carbons (Fsp3) is 0.190. The number of benzene rings is 2. The molecule has 0 radical (unpaired) electrons. The molecule has 0 spiro atoms. The third-order valence-electron chi connectivity index (χ3n) is 4.41. The third kappa shape index (κ3) is 3.14. The van der Waals surface area contributed by atoms with Crippen LogP contribution >= 0.6 is 11.3 Å². The van der Waals surface area contributed by atoms with E-state index in [0.717, 1.165) is 27.4 Å². The van der Waals surface area contributed by atoms with Gasteiger partial charge < -0.3 is 15.2 Å². The van der Waals surface area contributed by atoms with E-state index in [1.165, 1.54) is 17.7 Å². The van der Waals surface area contributed by atoms with Gasteiger partial charge in [-0.15, -0.1) is 11.3 Å². The second-order valence-electron chi connectivity index (χ2n) is 6.72. The van der Waals surface area contributed by atoms with Crippen molar-refractivity contribution in [2.24, 2.45) is 0 Å². The summed E-state index contributed by atoms with van der Waals surface area (Å²) in [5, 5.41) is 15.9. The summed E-state index contributed by atoms with van der Waals surface area (Å²) in [6.07, 6.45) is 1.28. The average Bonchev–Trinajstić information content (AvgIpc) is 3.00. The number of fused-ring (bicyclic) bond motifs is 2. The number of esters is 1. The van der Waals surface area contributed by atoms with Gasteiger partial charge >= 0.3 is 5.97 Å². The molecule has 4 rings (SSSR count). The highest BCUT2D eigenvalue weighted by molar-refractivity contribution is 7.20. The van der Waals surface area contributed by atoms with Crippen molar-refractivity contribution in [2.75, 3.05) is 5.32 Å². The van der Waals surface area contributed by atoms with E-state index in [4.69, 9.17) is 4.74 Å². The van der Waals surface area contributed by atoms with Crippen LogP contribution in [0.3, 0.4) is 0 Å². The molecule has 2 aromatic heterocycles. The Labute approximate surface area is 165 Å². The van der Waals surface area contributed by atoms with E-state index in [1.54, 1.807) is 12.1 Å². The van der Waals surface area contributed by atoms with Gasteiger partial charge in [0.05, 0.1) is 11.5 Å². The van der Waals surface area contributed by atoms with Crippen LogP contribution in [0.4, 0.5) is 11.5 Å². The molecule has 0 aliphatic carbocycles. The fourth-order valence-electron chi connectivity index (χ4n) is 3.16. The summed E-state index contributed by atoms with van der Waals surface area (Å²) in [5.41, 5.74) is 1.60. The van der Waals surface area contributed by atoms with Gasteiger partial charge in [-0.1, -0.05) is 24.3 Å². The number of anilines is 2. The number of carbonyl (C=O) groups is 1. The topological polar surface area (TPSA) is 84.3 Å². The molecule has 0 saturated heterocycles. The van der Waals surface area contributed by atoms with Gasteiger partial charge in [-0.25, -0.2) is 14.8 Å². The highest BCUT2D eigenvalue weighted by atomic mass is 32.1. The Kier molecular flexibility index (Phi) is 4.60. The Bertz CT molecular complexity index is 1200. The van der Waals surface area contributed by atoms with E-state index in [9.17, 15) is 9.90 Å². The first-order valence-electron chi connectivity index (χ1n) is 8.88. The number of nitrogens with one attached hydrogen (secondary N) is 1. The molecule has 142 valence electrons. The van der Waals surface area contributed by atoms with Crippen LogP contribution in [0.15, 0.2) is 42.7 Å². The van der Waals surface area contributed by atoms with E-state index < -0.39 is 0 Å². The van der Waals surface area contributed by atoms with Crippen LogP contribution in [0.25, 0.3) is 21.0 Å². The Morgan fingerprint density at radius 3 is 2.68 bits per heavy atom. The van der Waals surface area contributed by atoms with Gasteiger partial charge in [-0.3, -0.25) is 0 Å². The largest absolute Gasteiger partial charge is 0.507 e. The molecule has 0 unspecified atom stereocenters. The molecule has 0 atom stereocenters. The van der Waals surface area contributed by atoms with Crippen LogP contribution in [0.1, 0.15) is 29.1 Å². The van der Waals surface area contributed by atoms with E-state index in [2.05, 4.69) is 15.3 Å². The molecule has 4 aromatic rings. The number of aryl methyl sites for hydroxylation is 1. The molecule has 0 aliphatic rings. The van der Waals surface area contributed by atoms with Crippen LogP contribution in [-0.4, -0.2) is 27.1 Å². The molecule has 0 saturated carbocycles. The number of aromatic hydroxyl groups is 1. The van der Waals surface area contributed by atoms with Crippen molar-refractivity contribution in [3.05, 3.63) is 53.2 Å². The SMILES string of the molecule is Cc1c(C(=O)OC(C)C)sc2ncnc(Nc3cccc4c(O)cccc34)c12. The zero-order chi connectivity index (χ0) is 19.8. The minimum atomic E-state index is -0.350. The fourth-order valence-corrected chi connectivity index (χ4v) is 4.19. The lowest BCUT2D eigenvalue weighted by molar-refractivity contribution is 0.0383. The second kappa shape index (κ2) is 7.09. The Hall–Kier alpha value is -3.19. The number of thiophene rings is 1. The summed E-state index contributed by atoms with van der Waals surface area (Å²) >= 11 is 1.30. The zero-order valence-electron chi connectivity index (χ0n) is 15.7. The molecule has 7 heteroatoms. The molecule has 6 nitrogen and oxygen atoms in total. The number of carbonyl (C=O) groups excluding carboxylic acids is 1. The molecular weight excluding hydrogens is 374 g/mol. The standard InChI is InChI=1S/C21H19N3O3S/c1-11(2)27-21(26)18-12(3)17-19(22-10-23-20(17)28-18)24-15-8-4-7-14-13(15)6-5-9-16(14)25/h4-11,25H,1-3H3,(H,22,23,24). The van der Waals surface area contributed by atoms with Crippen LogP contribution in [0, 0.1) is 6.92 Å². The number of hydrogen-bond acceptors (Lipinski definition) is 7. The van der Waals surface area contributed by atoms with Gasteiger partial charge in [-0.2, -0.15) is 0 Å². The number of aromatic nitrogens is 2. The number of phenols is 1. The summed E-state index contributed by atoms with van der Waals surface area (Å²) in [7, 11) is 0. The maximum absolute atomic E-state index is 12.4. The Morgan fingerprint density at radius 1 is 1.14 bits per heavy atom. The quantitative estimate of drug-likeness (QED) is 0.466. The molecule has 28 heavy (non-hydrogen) atoms. The first-order valence-corrected chi connectivity index (χ1v) is 9.70. The van der Waals surface area contributed by atoms with Crippen molar-refractivity contribution in [3.63, 3.8) is 0 Å². The molecule has 2 heterocycles. The smallest absolute Gasteiger partial charge is 0.348 e. The molecular formula is C21H19N3O3S. The van der Waals surface area contributed by atoms with Gasteiger partial charge in [0.1, 0.15) is 27.6 Å². The zero-order valence-corrected chi connectivity index (χ0v) is 16.5. The summed E-state index contributed by atoms with van der Waals surface area (Å²) in [6, 6.07) is 11.0. The van der Waals surface area contributed by atoms with Gasteiger partial charge in [-0.05, 0) is 38.5 Å². The second-order valence-corrected chi connectivity index (χ2v) is 7.71. The van der Waals surface area contributed by atoms with Crippen LogP contribution < -0.4 is 5.32 Å². The minimum Gasteiger partial charge on any atom is -0.507 e. The Balaban J connectivity index is 1.81. The van der Waals surface area contributed by atoms with Gasteiger partial charge in [0.2, 0.25) is 0 Å². The number of nitrogens with zero attached hydrogens (tertiary/aromatic N) is 2. The highest BCUT2D eigenvalue weighted by Gasteiger charge is 2.21. The third-order valence-corrected chi connectivity index (χ3v) is 5.59. The lowest BCUT2D eigenvalue weighted by Gasteiger charge is -2.11. The van der Waals surface area contributed by atoms with Crippen molar-refractivity contribution >= 4 is 49.8 Å². The lowest BCUT2D eigenvalue weighted by atomic mass is 10.1. The summed E-state index contributed by atoms with van der Waals surface area (Å²) in [4.78, 5) is 22.4. The maximum Gasteiger partial charge on any atom is 0.348 e. The molecule has 2 N–H and O–H groups in total. The predicted molar refractivity (Wildman–Crippen MR) is 112 cm³/mol. The predicted octanol–water partition coefficient (Wildman–Crippen LogP) is 5.17. The van der Waals surface area contributed by atoms with Crippen molar-refractivity contribution in [2.45, 2.75) is 26.9 Å². The summed E-state index contributed by atoms with van der Waals surface area (Å²) in [6.45, 7) is 5.52. The number of hydrogen-bond donors (Lipinski definition) is 2. The van der Waals surface area contributed by atoms with Gasteiger partial charge in [0.25, 0.3) is 0 Å². The van der Waals surface area contributed by atoms with Crippen molar-refractivity contribution in [3.8, 4) is 5.75 Å². The molecule has 0 aliphatic heterocycles. The normalized spacial score (nSPS) is 11.3. The first kappa shape index (κ1) is 18.2. The molecule has 0 amide bonds. The van der Waals surface area contributed by atoms with E-state index in [-0.39, 0.29) is 17.8 Å². The monoisotopic (exact) mass is 393 g/mol. The summed E-state index contributed by atoms with van der Waals surface area (Å²) < 4.78 is 5.35. The number of phenolic OH excluding ortho intramolecular Hbond substituents is 1. The van der Waals surface area contributed by atoms with Crippen molar-refractivity contribution in [1.82, 2.24) is 9.97 Å². The van der Waals surface area contributed by atoms with Gasteiger partial charge in [0, 0.05) is 16.5 Å². The lowest BCUT2D eigenvalue weighted by Crippen LogP contribution is -2.11. The van der Waals surface area contributed by atoms with E-state index in [1.807, 2.05) is 45.0 Å². The van der Waals surface area contributed by atoms with E-state index in [0.29, 0.717) is 15.5 Å². The number of ether oxygens (including phenoxy) is 1. The first-order chi connectivity index (χ1) is 13.5. The van der Waals surface area contributed by atoms with E-state index >= 15 is 0 Å². The van der Waals surface area contributed by atoms with Crippen molar-refractivity contribution < 1.29 is 14.6 Å². The van der Waals surface area contributed by atoms with Crippen LogP contribution in [-0.2, 0) is 4.74 Å². The average molecular weight is 393 g/mol. The minimum absolute atomic E-state index is 0.191. The van der Waals surface area contributed by atoms with Crippen molar-refractivity contribution in [1.29, 1.82) is 0 Å². The summed E-state index contributed by atoms with van der Waals surface area (Å²) in [5.74, 6) is 0.481. The maximum atomic E-state index is 12.4. The van der Waals surface area contributed by atoms with Gasteiger partial charge in [0.15, 0.2) is 0 Å². The molecule has 2 aromatic carbocycles. The molecule has 0 fully saturated rings. The highest BCUT2D eigenvalue weighted by Crippen LogP contribution is 2.37.